The second-order valence-corrected chi connectivity index (χ2v) is 8.86. The molecule has 0 radical (unpaired) electrons. The molecule has 3 aromatic rings. The Labute approximate surface area is 196 Å². The van der Waals surface area contributed by atoms with Crippen LogP contribution in [0.3, 0.4) is 0 Å². The number of fused-ring (bicyclic) bond motifs is 1. The lowest BCUT2D eigenvalue weighted by molar-refractivity contribution is -0.115. The number of thiazole rings is 1. The Morgan fingerprint density at radius 1 is 1.24 bits per heavy atom. The van der Waals surface area contributed by atoms with Gasteiger partial charge in [-0.1, -0.05) is 17.3 Å². The first-order valence-corrected chi connectivity index (χ1v) is 11.2. The van der Waals surface area contributed by atoms with Crippen LogP contribution in [0, 0.1) is 12.8 Å². The maximum atomic E-state index is 12.8. The molecule has 1 aromatic carbocycles. The minimum atomic E-state index is -4.45. The molecule has 1 fully saturated rings. The number of aliphatic hydroxyl groups excluding tert-OH is 2. The summed E-state index contributed by atoms with van der Waals surface area (Å²) in [4.78, 5) is 18.0. The molecule has 3 atom stereocenters. The normalized spacial score (nSPS) is 21.9. The number of benzene rings is 1. The van der Waals surface area contributed by atoms with Gasteiger partial charge in [0.1, 0.15) is 36.3 Å². The smallest absolute Gasteiger partial charge is 0.399 e. The molecular formula is C21H23F3N6O3S. The number of halogens is 3. The van der Waals surface area contributed by atoms with E-state index in [1.54, 1.807) is 6.92 Å². The van der Waals surface area contributed by atoms with E-state index in [1.165, 1.54) is 18.4 Å². The molecule has 0 aliphatic heterocycles. The van der Waals surface area contributed by atoms with Gasteiger partial charge in [-0.2, -0.15) is 18.2 Å². The van der Waals surface area contributed by atoms with Crippen molar-refractivity contribution in [2.24, 2.45) is 11.1 Å². The molecule has 2 aromatic heterocycles. The first-order chi connectivity index (χ1) is 16.2. The third kappa shape index (κ3) is 5.05. The molecule has 4 N–H and O–H groups in total. The maximum absolute atomic E-state index is 12.8. The number of oxime groups is 1. The number of hydrogen-bond donors (Lipinski definition) is 4. The molecule has 0 saturated heterocycles. The molecule has 9 nitrogen and oxygen atoms in total. The molecule has 1 aliphatic rings. The second-order valence-electron chi connectivity index (χ2n) is 7.83. The highest BCUT2D eigenvalue weighted by Crippen LogP contribution is 2.37. The monoisotopic (exact) mass is 496 g/mol. The van der Waals surface area contributed by atoms with Crippen LogP contribution in [0.4, 0.5) is 24.9 Å². The lowest BCUT2D eigenvalue weighted by Gasteiger charge is -2.19. The summed E-state index contributed by atoms with van der Waals surface area (Å²) < 4.78 is 39.2. The lowest BCUT2D eigenvalue weighted by Crippen LogP contribution is -2.31. The standard InChI is InChI=1S/C21H23F3N6O3S/c1-10-15(19-28-12-5-3-4-6-14(12)34-19)18(29-20(26-10)25-9-21(22,23)24)27-13-7-11(8-31)17(32)16(13)30-33-2/h3-6,11,13,17,31-32H,7-9H2,1-2H3,(H2,25,26,27,29)/t11-,13-,17-/m1/s1. The molecule has 0 spiro atoms. The highest BCUT2D eigenvalue weighted by molar-refractivity contribution is 7.21. The van der Waals surface area contributed by atoms with Crippen LogP contribution >= 0.6 is 11.3 Å². The van der Waals surface area contributed by atoms with Gasteiger partial charge in [-0.05, 0) is 25.5 Å². The van der Waals surface area contributed by atoms with Gasteiger partial charge < -0.3 is 25.7 Å². The SMILES string of the molecule is CON=C1[C@H](Nc2nc(NCC(F)(F)F)nc(C)c2-c2nc3ccccc3s2)C[C@H](CO)[C@H]1O. The number of alkyl halides is 3. The average molecular weight is 497 g/mol. The van der Waals surface area contributed by atoms with Crippen molar-refractivity contribution >= 4 is 39.0 Å². The zero-order valence-electron chi connectivity index (χ0n) is 18.3. The number of aryl methyl sites for hydroxylation is 1. The van der Waals surface area contributed by atoms with Crippen LogP contribution in [-0.4, -0.2) is 69.5 Å². The zero-order valence-corrected chi connectivity index (χ0v) is 19.1. The van der Waals surface area contributed by atoms with Gasteiger partial charge in [0.05, 0.1) is 27.5 Å². The number of nitrogens with zero attached hydrogens (tertiary/aromatic N) is 4. The average Bonchev–Trinajstić information content (AvgIpc) is 3.33. The van der Waals surface area contributed by atoms with E-state index in [2.05, 4.69) is 30.7 Å². The van der Waals surface area contributed by atoms with Gasteiger partial charge in [-0.25, -0.2) is 9.97 Å². The van der Waals surface area contributed by atoms with Gasteiger partial charge in [-0.3, -0.25) is 0 Å². The van der Waals surface area contributed by atoms with Gasteiger partial charge in [0, 0.05) is 12.5 Å². The molecular weight excluding hydrogens is 473 g/mol. The summed E-state index contributed by atoms with van der Waals surface area (Å²) in [6.07, 6.45) is -5.18. The van der Waals surface area contributed by atoms with E-state index in [1.807, 2.05) is 24.3 Å². The van der Waals surface area contributed by atoms with Crippen LogP contribution < -0.4 is 10.6 Å². The van der Waals surface area contributed by atoms with E-state index in [-0.39, 0.29) is 24.1 Å². The Hall–Kier alpha value is -3.03. The molecule has 0 amide bonds. The second kappa shape index (κ2) is 9.68. The van der Waals surface area contributed by atoms with E-state index >= 15 is 0 Å². The van der Waals surface area contributed by atoms with E-state index < -0.39 is 30.8 Å². The van der Waals surface area contributed by atoms with Crippen LogP contribution in [0.15, 0.2) is 29.4 Å². The fourth-order valence-corrected chi connectivity index (χ4v) is 4.93. The third-order valence-corrected chi connectivity index (χ3v) is 6.49. The predicted molar refractivity (Wildman–Crippen MR) is 123 cm³/mol. The third-order valence-electron chi connectivity index (χ3n) is 5.43. The molecule has 0 unspecified atom stereocenters. The summed E-state index contributed by atoms with van der Waals surface area (Å²) in [7, 11) is 1.34. The number of hydrogen-bond acceptors (Lipinski definition) is 10. The molecule has 182 valence electrons. The van der Waals surface area contributed by atoms with E-state index in [9.17, 15) is 23.4 Å². The highest BCUT2D eigenvalue weighted by atomic mass is 32.1. The van der Waals surface area contributed by atoms with Crippen LogP contribution in [0.5, 0.6) is 0 Å². The van der Waals surface area contributed by atoms with Crippen molar-refractivity contribution in [1.82, 2.24) is 15.0 Å². The van der Waals surface area contributed by atoms with Crippen molar-refractivity contribution < 1.29 is 28.2 Å². The number of para-hydroxylation sites is 1. The van der Waals surface area contributed by atoms with Crippen LogP contribution in [0.25, 0.3) is 20.8 Å². The lowest BCUT2D eigenvalue weighted by atomic mass is 10.1. The van der Waals surface area contributed by atoms with E-state index in [0.717, 1.165) is 10.2 Å². The molecule has 1 saturated carbocycles. The molecule has 0 bridgehead atoms. The minimum Gasteiger partial charge on any atom is -0.399 e. The molecule has 2 heterocycles. The Bertz CT molecular complexity index is 1170. The maximum Gasteiger partial charge on any atom is 0.405 e. The quantitative estimate of drug-likeness (QED) is 0.368. The predicted octanol–water partition coefficient (Wildman–Crippen LogP) is 3.19. The number of aromatic nitrogens is 3. The summed E-state index contributed by atoms with van der Waals surface area (Å²) in [6.45, 7) is 0.0999. The van der Waals surface area contributed by atoms with Crippen molar-refractivity contribution in [3.63, 3.8) is 0 Å². The summed E-state index contributed by atoms with van der Waals surface area (Å²) in [5, 5.41) is 30.0. The van der Waals surface area contributed by atoms with Crippen LogP contribution in [0.2, 0.25) is 0 Å². The van der Waals surface area contributed by atoms with Gasteiger partial charge in [0.15, 0.2) is 0 Å². The molecule has 1 aliphatic carbocycles. The zero-order chi connectivity index (χ0) is 24.5. The number of nitrogens with one attached hydrogen (secondary N) is 2. The summed E-state index contributed by atoms with van der Waals surface area (Å²) in [6, 6.07) is 6.95. The molecule has 34 heavy (non-hydrogen) atoms. The van der Waals surface area contributed by atoms with Crippen molar-refractivity contribution in [3.8, 4) is 10.6 Å². The van der Waals surface area contributed by atoms with Crippen molar-refractivity contribution in [2.45, 2.75) is 31.7 Å². The van der Waals surface area contributed by atoms with Gasteiger partial charge >= 0.3 is 6.18 Å². The van der Waals surface area contributed by atoms with Crippen molar-refractivity contribution in [1.29, 1.82) is 0 Å². The van der Waals surface area contributed by atoms with Crippen molar-refractivity contribution in [2.75, 3.05) is 30.9 Å². The Kier molecular flexibility index (Phi) is 6.86. The van der Waals surface area contributed by atoms with Crippen LogP contribution in [0.1, 0.15) is 12.1 Å². The summed E-state index contributed by atoms with van der Waals surface area (Å²) in [5.41, 5.74) is 1.98. The van der Waals surface area contributed by atoms with E-state index in [4.69, 9.17) is 4.84 Å². The number of rotatable bonds is 7. The Morgan fingerprint density at radius 2 is 2.00 bits per heavy atom. The minimum absolute atomic E-state index is 0.204. The van der Waals surface area contributed by atoms with E-state index in [0.29, 0.717) is 22.7 Å². The topological polar surface area (TPSA) is 125 Å². The fourth-order valence-electron chi connectivity index (χ4n) is 3.87. The largest absolute Gasteiger partial charge is 0.405 e. The first kappa shape index (κ1) is 24.1. The van der Waals surface area contributed by atoms with Gasteiger partial charge in [-0.15, -0.1) is 11.3 Å². The Morgan fingerprint density at radius 3 is 2.68 bits per heavy atom. The Balaban J connectivity index is 1.77. The highest BCUT2D eigenvalue weighted by Gasteiger charge is 2.40. The molecule has 4 rings (SSSR count). The first-order valence-electron chi connectivity index (χ1n) is 10.4. The summed E-state index contributed by atoms with van der Waals surface area (Å²) in [5.74, 6) is -0.455. The van der Waals surface area contributed by atoms with Crippen LogP contribution in [-0.2, 0) is 4.84 Å². The van der Waals surface area contributed by atoms with Gasteiger partial charge in [0.25, 0.3) is 0 Å². The van der Waals surface area contributed by atoms with Crippen molar-refractivity contribution in [3.05, 3.63) is 30.0 Å². The molecule has 13 heteroatoms. The van der Waals surface area contributed by atoms with Gasteiger partial charge in [0.2, 0.25) is 5.95 Å². The number of anilines is 2. The summed E-state index contributed by atoms with van der Waals surface area (Å²) >= 11 is 1.40. The number of aliphatic hydroxyl groups is 2. The fraction of sp³-hybridized carbons (Fsp3) is 0.429.